The van der Waals surface area contributed by atoms with Crippen molar-refractivity contribution in [1.29, 1.82) is 0 Å². The molecule has 2 aliphatic heterocycles. The molecular weight excluding hydrogens is 352 g/mol. The van der Waals surface area contributed by atoms with Crippen molar-refractivity contribution in [3.63, 3.8) is 0 Å². The monoisotopic (exact) mass is 378 g/mol. The highest BCUT2D eigenvalue weighted by Gasteiger charge is 2.29. The number of carbonyl (C=O) groups is 2. The van der Waals surface area contributed by atoms with Crippen molar-refractivity contribution in [1.82, 2.24) is 19.8 Å². The van der Waals surface area contributed by atoms with Crippen molar-refractivity contribution in [3.05, 3.63) is 58.7 Å². The fourth-order valence-electron chi connectivity index (χ4n) is 3.99. The van der Waals surface area contributed by atoms with Gasteiger partial charge in [0.2, 0.25) is 11.8 Å². The Balaban J connectivity index is 1.41. The molecule has 2 aliphatic rings. The molecule has 28 heavy (non-hydrogen) atoms. The highest BCUT2D eigenvalue weighted by molar-refractivity contribution is 5.79. The maximum atomic E-state index is 12.7. The maximum Gasteiger partial charge on any atom is 0.227 e. The summed E-state index contributed by atoms with van der Waals surface area (Å²) < 4.78 is 0. The smallest absolute Gasteiger partial charge is 0.227 e. The summed E-state index contributed by atoms with van der Waals surface area (Å²) in [5.74, 6) is 1.31. The molecule has 6 nitrogen and oxygen atoms in total. The summed E-state index contributed by atoms with van der Waals surface area (Å²) in [5, 5.41) is 0. The summed E-state index contributed by atoms with van der Waals surface area (Å²) in [6, 6.07) is 8.12. The molecule has 0 unspecified atom stereocenters. The van der Waals surface area contributed by atoms with Crippen LogP contribution in [0.25, 0.3) is 0 Å². The first kappa shape index (κ1) is 18.6. The van der Waals surface area contributed by atoms with Gasteiger partial charge < -0.3 is 9.80 Å². The van der Waals surface area contributed by atoms with E-state index in [9.17, 15) is 9.59 Å². The third-order valence-electron chi connectivity index (χ3n) is 5.78. The number of hydrogen-bond donors (Lipinski definition) is 0. The normalized spacial score (nSPS) is 18.9. The molecule has 0 N–H and O–H groups in total. The molecule has 0 spiro atoms. The molecule has 1 atom stereocenters. The van der Waals surface area contributed by atoms with Gasteiger partial charge in [-0.05, 0) is 18.9 Å². The molecule has 4 rings (SSSR count). The molecule has 6 heteroatoms. The van der Waals surface area contributed by atoms with Crippen LogP contribution in [0, 0.1) is 6.92 Å². The van der Waals surface area contributed by atoms with Gasteiger partial charge in [0.05, 0.1) is 12.1 Å². The van der Waals surface area contributed by atoms with Crippen LogP contribution in [0.2, 0.25) is 0 Å². The van der Waals surface area contributed by atoms with E-state index in [4.69, 9.17) is 4.98 Å². The van der Waals surface area contributed by atoms with Gasteiger partial charge in [0.1, 0.15) is 5.82 Å². The summed E-state index contributed by atoms with van der Waals surface area (Å²) in [6.45, 7) is 6.41. The average Bonchev–Trinajstić information content (AvgIpc) is 3.19. The predicted octanol–water partition coefficient (Wildman–Crippen LogP) is 2.25. The SMILES string of the molecule is CC(=O)N1CC[C@@H](c2ncc3c(n2)CCN(C(=O)Cc2ccc(C)cc2)C3)C1. The number of likely N-dealkylation sites (tertiary alicyclic amines) is 1. The first-order valence-corrected chi connectivity index (χ1v) is 9.93. The van der Waals surface area contributed by atoms with E-state index >= 15 is 0 Å². The molecule has 0 saturated carbocycles. The van der Waals surface area contributed by atoms with Crippen molar-refractivity contribution < 1.29 is 9.59 Å². The van der Waals surface area contributed by atoms with Gasteiger partial charge in [-0.1, -0.05) is 29.8 Å². The van der Waals surface area contributed by atoms with Crippen LogP contribution in [0.15, 0.2) is 30.5 Å². The minimum absolute atomic E-state index is 0.114. The van der Waals surface area contributed by atoms with Crippen LogP contribution in [0.3, 0.4) is 0 Å². The topological polar surface area (TPSA) is 66.4 Å². The molecule has 1 aromatic heterocycles. The molecule has 2 aromatic rings. The van der Waals surface area contributed by atoms with Crippen molar-refractivity contribution in [3.8, 4) is 0 Å². The number of hydrogen-bond acceptors (Lipinski definition) is 4. The van der Waals surface area contributed by atoms with E-state index in [1.165, 1.54) is 5.56 Å². The molecule has 0 aliphatic carbocycles. The summed E-state index contributed by atoms with van der Waals surface area (Å²) in [6.07, 6.45) is 3.98. The lowest BCUT2D eigenvalue weighted by atomic mass is 10.0. The van der Waals surface area contributed by atoms with E-state index in [2.05, 4.69) is 4.98 Å². The number of aryl methyl sites for hydroxylation is 1. The van der Waals surface area contributed by atoms with Gasteiger partial charge in [-0.15, -0.1) is 0 Å². The van der Waals surface area contributed by atoms with Crippen molar-refractivity contribution >= 4 is 11.8 Å². The van der Waals surface area contributed by atoms with Crippen LogP contribution < -0.4 is 0 Å². The van der Waals surface area contributed by atoms with Crippen molar-refractivity contribution in [2.24, 2.45) is 0 Å². The lowest BCUT2D eigenvalue weighted by molar-refractivity contribution is -0.131. The van der Waals surface area contributed by atoms with Crippen molar-refractivity contribution in [2.45, 2.75) is 45.6 Å². The van der Waals surface area contributed by atoms with Gasteiger partial charge >= 0.3 is 0 Å². The number of nitrogens with zero attached hydrogens (tertiary/aromatic N) is 4. The molecule has 0 radical (unpaired) electrons. The zero-order valence-corrected chi connectivity index (χ0v) is 16.5. The number of amides is 2. The Labute approximate surface area is 165 Å². The molecule has 1 aromatic carbocycles. The highest BCUT2D eigenvalue weighted by atomic mass is 16.2. The van der Waals surface area contributed by atoms with Crippen LogP contribution in [0.4, 0.5) is 0 Å². The van der Waals surface area contributed by atoms with E-state index in [-0.39, 0.29) is 17.7 Å². The second-order valence-corrected chi connectivity index (χ2v) is 7.88. The number of fused-ring (bicyclic) bond motifs is 1. The third kappa shape index (κ3) is 3.91. The Hall–Kier alpha value is -2.76. The highest BCUT2D eigenvalue weighted by Crippen LogP contribution is 2.26. The van der Waals surface area contributed by atoms with E-state index < -0.39 is 0 Å². The molecular formula is C22H26N4O2. The largest absolute Gasteiger partial charge is 0.342 e. The number of aromatic nitrogens is 2. The average molecular weight is 378 g/mol. The predicted molar refractivity (Wildman–Crippen MR) is 106 cm³/mol. The summed E-state index contributed by atoms with van der Waals surface area (Å²) in [4.78, 5) is 37.4. The third-order valence-corrected chi connectivity index (χ3v) is 5.78. The van der Waals surface area contributed by atoms with E-state index in [1.54, 1.807) is 6.92 Å². The van der Waals surface area contributed by atoms with Crippen LogP contribution >= 0.6 is 0 Å². The quantitative estimate of drug-likeness (QED) is 0.822. The minimum Gasteiger partial charge on any atom is -0.342 e. The Morgan fingerprint density at radius 1 is 1.14 bits per heavy atom. The zero-order valence-electron chi connectivity index (χ0n) is 16.5. The van der Waals surface area contributed by atoms with Crippen LogP contribution in [0.5, 0.6) is 0 Å². The molecule has 146 valence electrons. The fourth-order valence-corrected chi connectivity index (χ4v) is 3.99. The number of benzene rings is 1. The summed E-state index contributed by atoms with van der Waals surface area (Å²) in [5.41, 5.74) is 4.33. The van der Waals surface area contributed by atoms with Gasteiger partial charge in [0.15, 0.2) is 0 Å². The van der Waals surface area contributed by atoms with Crippen LogP contribution in [-0.4, -0.2) is 51.2 Å². The first-order valence-electron chi connectivity index (χ1n) is 9.93. The van der Waals surface area contributed by atoms with Gasteiger partial charge in [-0.25, -0.2) is 9.97 Å². The molecule has 1 fully saturated rings. The molecule has 1 saturated heterocycles. The Morgan fingerprint density at radius 3 is 2.64 bits per heavy atom. The second-order valence-electron chi connectivity index (χ2n) is 7.88. The van der Waals surface area contributed by atoms with Crippen molar-refractivity contribution in [2.75, 3.05) is 19.6 Å². The molecule has 3 heterocycles. The molecule has 0 bridgehead atoms. The second kappa shape index (κ2) is 7.70. The zero-order chi connectivity index (χ0) is 19.7. The number of rotatable bonds is 3. The number of carbonyl (C=O) groups excluding carboxylic acids is 2. The van der Waals surface area contributed by atoms with Gasteiger partial charge in [-0.3, -0.25) is 9.59 Å². The van der Waals surface area contributed by atoms with Gasteiger partial charge in [0.25, 0.3) is 0 Å². The Kier molecular flexibility index (Phi) is 5.11. The summed E-state index contributed by atoms with van der Waals surface area (Å²) >= 11 is 0. The minimum atomic E-state index is 0.114. The fraction of sp³-hybridized carbons (Fsp3) is 0.455. The Morgan fingerprint density at radius 2 is 1.93 bits per heavy atom. The van der Waals surface area contributed by atoms with Gasteiger partial charge in [0, 0.05) is 57.2 Å². The lowest BCUT2D eigenvalue weighted by Crippen LogP contribution is -2.37. The van der Waals surface area contributed by atoms with Crippen LogP contribution in [0.1, 0.15) is 47.5 Å². The van der Waals surface area contributed by atoms with Gasteiger partial charge in [-0.2, -0.15) is 0 Å². The standard InChI is InChI=1S/C22H26N4O2/c1-15-3-5-17(6-4-15)11-21(28)26-10-8-20-19(14-26)12-23-22(24-20)18-7-9-25(13-18)16(2)27/h3-6,12,18H,7-11,13-14H2,1-2H3/t18-/m1/s1. The summed E-state index contributed by atoms with van der Waals surface area (Å²) in [7, 11) is 0. The Bertz CT molecular complexity index is 894. The molecule has 2 amide bonds. The first-order chi connectivity index (χ1) is 13.5. The van der Waals surface area contributed by atoms with E-state index in [0.717, 1.165) is 42.0 Å². The maximum absolute atomic E-state index is 12.7. The van der Waals surface area contributed by atoms with Crippen LogP contribution in [-0.2, 0) is 29.0 Å². The van der Waals surface area contributed by atoms with E-state index in [0.29, 0.717) is 26.1 Å². The van der Waals surface area contributed by atoms with E-state index in [1.807, 2.05) is 47.2 Å². The lowest BCUT2D eigenvalue weighted by Gasteiger charge is -2.28.